The molecule has 1 saturated heterocycles. The number of halogens is 1. The molecule has 3 atom stereocenters. The zero-order chi connectivity index (χ0) is 21.4. The number of benzene rings is 2. The molecule has 160 valence electrons. The minimum atomic E-state index is -0.341. The number of hydrogen-bond donors (Lipinski definition) is 1. The minimum absolute atomic E-state index is 0.0254. The molecule has 7 heteroatoms. The number of carbonyl (C=O) groups excluding carboxylic acids is 1. The molecule has 3 unspecified atom stereocenters. The fourth-order valence-electron chi connectivity index (χ4n) is 4.75. The van der Waals surface area contributed by atoms with E-state index in [0.717, 1.165) is 19.3 Å². The van der Waals surface area contributed by atoms with Crippen LogP contribution in [0.25, 0.3) is 11.4 Å². The first-order valence-corrected chi connectivity index (χ1v) is 10.8. The van der Waals surface area contributed by atoms with Gasteiger partial charge in [-0.25, -0.2) is 9.18 Å². The lowest BCUT2D eigenvalue weighted by atomic mass is 9.98. The third kappa shape index (κ3) is 3.92. The van der Waals surface area contributed by atoms with Gasteiger partial charge in [0.15, 0.2) is 0 Å². The van der Waals surface area contributed by atoms with E-state index < -0.39 is 0 Å². The van der Waals surface area contributed by atoms with Crippen LogP contribution in [0.15, 0.2) is 53.1 Å². The average Bonchev–Trinajstić information content (AvgIpc) is 3.39. The lowest BCUT2D eigenvalue weighted by Gasteiger charge is -2.32. The standard InChI is InChI=1S/C24H25FN4O2/c1-15-12-16-6-2-3-10-20(16)21(15)26-24(30)29-11-5-8-18(14-29)23-27-22(28-31-23)17-7-4-9-19(25)13-17/h2-4,6-7,9-10,13,15,18,21H,5,8,11-12,14H2,1H3,(H,26,30). The molecule has 3 aromatic rings. The largest absolute Gasteiger partial charge is 0.339 e. The van der Waals surface area contributed by atoms with E-state index in [-0.39, 0.29) is 23.8 Å². The monoisotopic (exact) mass is 420 g/mol. The number of likely N-dealkylation sites (tertiary alicyclic amines) is 1. The van der Waals surface area contributed by atoms with Crippen LogP contribution in [0.3, 0.4) is 0 Å². The number of carbonyl (C=O) groups is 1. The molecule has 1 N–H and O–H groups in total. The van der Waals surface area contributed by atoms with Crippen molar-refractivity contribution in [2.45, 2.75) is 38.1 Å². The molecule has 1 aliphatic carbocycles. The Balaban J connectivity index is 1.27. The summed E-state index contributed by atoms with van der Waals surface area (Å²) in [5, 5.41) is 7.26. The highest BCUT2D eigenvalue weighted by Crippen LogP contribution is 2.36. The van der Waals surface area contributed by atoms with Crippen molar-refractivity contribution >= 4 is 6.03 Å². The maximum atomic E-state index is 13.5. The predicted octanol–water partition coefficient (Wildman–Crippen LogP) is 4.70. The van der Waals surface area contributed by atoms with Crippen LogP contribution in [0.2, 0.25) is 0 Å². The van der Waals surface area contributed by atoms with Gasteiger partial charge in [-0.1, -0.05) is 48.5 Å². The van der Waals surface area contributed by atoms with E-state index in [4.69, 9.17) is 4.52 Å². The van der Waals surface area contributed by atoms with Crippen LogP contribution in [-0.4, -0.2) is 34.2 Å². The van der Waals surface area contributed by atoms with E-state index >= 15 is 0 Å². The highest BCUT2D eigenvalue weighted by Gasteiger charge is 2.34. The maximum absolute atomic E-state index is 13.5. The van der Waals surface area contributed by atoms with Crippen molar-refractivity contribution in [3.8, 4) is 11.4 Å². The highest BCUT2D eigenvalue weighted by molar-refractivity contribution is 5.75. The van der Waals surface area contributed by atoms with Gasteiger partial charge in [0, 0.05) is 18.7 Å². The summed E-state index contributed by atoms with van der Waals surface area (Å²) in [6.07, 6.45) is 2.72. The second-order valence-corrected chi connectivity index (χ2v) is 8.56. The summed E-state index contributed by atoms with van der Waals surface area (Å²) in [6.45, 7) is 3.41. The number of hydrogen-bond acceptors (Lipinski definition) is 4. The van der Waals surface area contributed by atoms with Crippen LogP contribution in [0.5, 0.6) is 0 Å². The zero-order valence-corrected chi connectivity index (χ0v) is 17.4. The molecule has 2 aromatic carbocycles. The Morgan fingerprint density at radius 2 is 2.10 bits per heavy atom. The van der Waals surface area contributed by atoms with Crippen molar-refractivity contribution in [2.75, 3.05) is 13.1 Å². The Morgan fingerprint density at radius 1 is 1.23 bits per heavy atom. The Bertz CT molecular complexity index is 1100. The van der Waals surface area contributed by atoms with Gasteiger partial charge in [0.2, 0.25) is 11.7 Å². The van der Waals surface area contributed by atoms with Gasteiger partial charge >= 0.3 is 6.03 Å². The lowest BCUT2D eigenvalue weighted by Crippen LogP contribution is -2.46. The summed E-state index contributed by atoms with van der Waals surface area (Å²) in [7, 11) is 0. The van der Waals surface area contributed by atoms with Gasteiger partial charge in [-0.2, -0.15) is 4.98 Å². The Hall–Kier alpha value is -3.22. The quantitative estimate of drug-likeness (QED) is 0.667. The number of nitrogens with one attached hydrogen (secondary N) is 1. The SMILES string of the molecule is CC1Cc2ccccc2C1NC(=O)N1CCCC(c2nc(-c3cccc(F)c3)no2)C1. The number of aromatic nitrogens is 2. The van der Waals surface area contributed by atoms with E-state index in [2.05, 4.69) is 34.5 Å². The minimum Gasteiger partial charge on any atom is -0.339 e. The second kappa shape index (κ2) is 8.13. The van der Waals surface area contributed by atoms with Gasteiger partial charge < -0.3 is 14.7 Å². The first-order valence-electron chi connectivity index (χ1n) is 10.8. The van der Waals surface area contributed by atoms with Crippen LogP contribution in [0.4, 0.5) is 9.18 Å². The van der Waals surface area contributed by atoms with Crippen molar-refractivity contribution in [1.82, 2.24) is 20.4 Å². The molecule has 6 nitrogen and oxygen atoms in total. The van der Waals surface area contributed by atoms with E-state index in [1.807, 2.05) is 17.0 Å². The first kappa shape index (κ1) is 19.7. The van der Waals surface area contributed by atoms with Crippen molar-refractivity contribution in [2.24, 2.45) is 5.92 Å². The molecular formula is C24H25FN4O2. The predicted molar refractivity (Wildman–Crippen MR) is 114 cm³/mol. The summed E-state index contributed by atoms with van der Waals surface area (Å²) >= 11 is 0. The molecule has 5 rings (SSSR count). The number of piperidine rings is 1. The van der Waals surface area contributed by atoms with Crippen LogP contribution in [0.1, 0.15) is 48.7 Å². The lowest BCUT2D eigenvalue weighted by molar-refractivity contribution is 0.166. The van der Waals surface area contributed by atoms with Gasteiger partial charge in [0.25, 0.3) is 0 Å². The Labute approximate surface area is 180 Å². The molecule has 0 saturated carbocycles. The van der Waals surface area contributed by atoms with E-state index in [1.165, 1.54) is 23.3 Å². The third-order valence-corrected chi connectivity index (χ3v) is 6.36. The number of fused-ring (bicyclic) bond motifs is 1. The van der Waals surface area contributed by atoms with Crippen LogP contribution in [-0.2, 0) is 6.42 Å². The molecule has 0 spiro atoms. The number of amides is 2. The summed E-state index contributed by atoms with van der Waals surface area (Å²) in [5.74, 6) is 0.866. The number of nitrogens with zero attached hydrogens (tertiary/aromatic N) is 3. The van der Waals surface area contributed by atoms with Gasteiger partial charge in [-0.05, 0) is 48.4 Å². The molecule has 2 amide bonds. The Morgan fingerprint density at radius 3 is 2.97 bits per heavy atom. The smallest absolute Gasteiger partial charge is 0.317 e. The van der Waals surface area contributed by atoms with Crippen molar-refractivity contribution < 1.29 is 13.7 Å². The highest BCUT2D eigenvalue weighted by atomic mass is 19.1. The van der Waals surface area contributed by atoms with E-state index in [9.17, 15) is 9.18 Å². The summed E-state index contributed by atoms with van der Waals surface area (Å²) in [6, 6.07) is 14.4. The number of rotatable bonds is 3. The van der Waals surface area contributed by atoms with E-state index in [1.54, 1.807) is 12.1 Å². The topological polar surface area (TPSA) is 71.3 Å². The molecule has 1 aliphatic heterocycles. The maximum Gasteiger partial charge on any atom is 0.317 e. The van der Waals surface area contributed by atoms with E-state index in [0.29, 0.717) is 36.3 Å². The molecule has 0 bridgehead atoms. The molecule has 2 heterocycles. The van der Waals surface area contributed by atoms with Crippen molar-refractivity contribution in [3.05, 3.63) is 71.4 Å². The third-order valence-electron chi connectivity index (χ3n) is 6.36. The molecule has 2 aliphatic rings. The normalized spacial score (nSPS) is 22.9. The van der Waals surface area contributed by atoms with Crippen LogP contribution >= 0.6 is 0 Å². The fraction of sp³-hybridized carbons (Fsp3) is 0.375. The van der Waals surface area contributed by atoms with Crippen LogP contribution in [0, 0.1) is 11.7 Å². The van der Waals surface area contributed by atoms with Gasteiger partial charge in [0.05, 0.1) is 12.0 Å². The van der Waals surface area contributed by atoms with Crippen molar-refractivity contribution in [3.63, 3.8) is 0 Å². The summed E-state index contributed by atoms with van der Waals surface area (Å²) in [5.41, 5.74) is 3.11. The molecule has 0 radical (unpaired) electrons. The Kier molecular flexibility index (Phi) is 5.18. The average molecular weight is 420 g/mol. The second-order valence-electron chi connectivity index (χ2n) is 8.56. The molecular weight excluding hydrogens is 395 g/mol. The molecule has 31 heavy (non-hydrogen) atoms. The van der Waals surface area contributed by atoms with Crippen molar-refractivity contribution in [1.29, 1.82) is 0 Å². The van der Waals surface area contributed by atoms with Gasteiger partial charge in [-0.15, -0.1) is 0 Å². The fourth-order valence-corrected chi connectivity index (χ4v) is 4.75. The van der Waals surface area contributed by atoms with Gasteiger partial charge in [-0.3, -0.25) is 0 Å². The number of urea groups is 1. The first-order chi connectivity index (χ1) is 15.1. The molecule has 1 fully saturated rings. The van der Waals surface area contributed by atoms with Crippen LogP contribution < -0.4 is 5.32 Å². The molecule has 1 aromatic heterocycles. The zero-order valence-electron chi connectivity index (χ0n) is 17.4. The summed E-state index contributed by atoms with van der Waals surface area (Å²) < 4.78 is 19.0. The summed E-state index contributed by atoms with van der Waals surface area (Å²) in [4.78, 5) is 19.4. The van der Waals surface area contributed by atoms with Gasteiger partial charge in [0.1, 0.15) is 5.82 Å².